The predicted octanol–water partition coefficient (Wildman–Crippen LogP) is 3.44. The number of nitrogens with zero attached hydrogens (tertiary/aromatic N) is 1. The highest BCUT2D eigenvalue weighted by atomic mass is 19.4. The van der Waals surface area contributed by atoms with E-state index in [0.29, 0.717) is 19.4 Å². The summed E-state index contributed by atoms with van der Waals surface area (Å²) in [4.78, 5) is 13.1. The van der Waals surface area contributed by atoms with Gasteiger partial charge >= 0.3 is 12.1 Å². The van der Waals surface area contributed by atoms with E-state index in [4.69, 9.17) is 0 Å². The van der Waals surface area contributed by atoms with Crippen molar-refractivity contribution in [1.29, 1.82) is 0 Å². The van der Waals surface area contributed by atoms with Crippen LogP contribution in [0.2, 0.25) is 0 Å². The highest BCUT2D eigenvalue weighted by Crippen LogP contribution is 2.25. The van der Waals surface area contributed by atoms with Gasteiger partial charge in [0.15, 0.2) is 0 Å². The molecule has 3 nitrogen and oxygen atoms in total. The normalized spacial score (nSPS) is 23.9. The first-order valence-corrected chi connectivity index (χ1v) is 6.86. The molecule has 0 radical (unpaired) electrons. The summed E-state index contributed by atoms with van der Waals surface area (Å²) in [5, 5.41) is 9.22. The van der Waals surface area contributed by atoms with Crippen molar-refractivity contribution in [3.05, 3.63) is 0 Å². The fraction of sp³-hybridized carbons (Fsp3) is 0.923. The molecule has 6 heteroatoms. The maximum absolute atomic E-state index is 12.1. The minimum atomic E-state index is -4.12. The van der Waals surface area contributed by atoms with Crippen LogP contribution in [-0.4, -0.2) is 40.8 Å². The molecule has 0 spiro atoms. The minimum absolute atomic E-state index is 0.0630. The second kappa shape index (κ2) is 7.12. The summed E-state index contributed by atoms with van der Waals surface area (Å²) in [6.07, 6.45) is -1.06. The van der Waals surface area contributed by atoms with Gasteiger partial charge in [0.05, 0.1) is 0 Å². The molecule has 0 aromatic carbocycles. The Morgan fingerprint density at radius 2 is 2.05 bits per heavy atom. The molecule has 0 aliphatic carbocycles. The first-order valence-electron chi connectivity index (χ1n) is 6.86. The molecule has 0 saturated carbocycles. The lowest BCUT2D eigenvalue weighted by Gasteiger charge is -2.32. The summed E-state index contributed by atoms with van der Waals surface area (Å²) in [5.74, 6) is -0.857. The van der Waals surface area contributed by atoms with Gasteiger partial charge in [0.1, 0.15) is 6.04 Å². The lowest BCUT2D eigenvalue weighted by atomic mass is 10.1. The summed E-state index contributed by atoms with van der Waals surface area (Å²) < 4.78 is 36.3. The molecule has 2 atom stereocenters. The summed E-state index contributed by atoms with van der Waals surface area (Å²) in [6, 6.07) is -0.648. The standard InChI is InChI=1S/C13H22F3NO2/c1-10(6-5-8-13(14,15)16)17-9-4-2-3-7-11(17)12(18)19/h10-11H,2-9H2,1H3,(H,18,19). The van der Waals surface area contributed by atoms with Gasteiger partial charge in [-0.25, -0.2) is 0 Å². The van der Waals surface area contributed by atoms with Crippen LogP contribution in [0.25, 0.3) is 0 Å². The van der Waals surface area contributed by atoms with Gasteiger partial charge in [-0.2, -0.15) is 13.2 Å². The van der Waals surface area contributed by atoms with Gasteiger partial charge in [-0.3, -0.25) is 9.69 Å². The van der Waals surface area contributed by atoms with Gasteiger partial charge in [-0.05, 0) is 39.2 Å². The summed E-state index contributed by atoms with van der Waals surface area (Å²) in [6.45, 7) is 2.50. The van der Waals surface area contributed by atoms with Crippen LogP contribution in [0.15, 0.2) is 0 Å². The van der Waals surface area contributed by atoms with E-state index >= 15 is 0 Å². The topological polar surface area (TPSA) is 40.5 Å². The lowest BCUT2D eigenvalue weighted by Crippen LogP contribution is -2.46. The molecule has 2 unspecified atom stereocenters. The van der Waals surface area contributed by atoms with Crippen LogP contribution in [-0.2, 0) is 4.79 Å². The van der Waals surface area contributed by atoms with Crippen LogP contribution < -0.4 is 0 Å². The Hall–Kier alpha value is -0.780. The van der Waals surface area contributed by atoms with Crippen molar-refractivity contribution in [2.75, 3.05) is 6.54 Å². The molecule has 0 aromatic heterocycles. The Balaban J connectivity index is 2.51. The van der Waals surface area contributed by atoms with E-state index < -0.39 is 24.6 Å². The average molecular weight is 281 g/mol. The number of carboxylic acids is 1. The zero-order valence-electron chi connectivity index (χ0n) is 11.2. The molecular formula is C13H22F3NO2. The van der Waals surface area contributed by atoms with Crippen LogP contribution in [0.5, 0.6) is 0 Å². The third-order valence-corrected chi connectivity index (χ3v) is 3.73. The smallest absolute Gasteiger partial charge is 0.389 e. The maximum atomic E-state index is 12.1. The number of alkyl halides is 3. The van der Waals surface area contributed by atoms with Crippen molar-refractivity contribution in [3.63, 3.8) is 0 Å². The SMILES string of the molecule is CC(CCCC(F)(F)F)N1CCCCCC1C(=O)O. The van der Waals surface area contributed by atoms with Crippen molar-refractivity contribution in [2.24, 2.45) is 0 Å². The third kappa shape index (κ3) is 5.80. The Bertz CT molecular complexity index is 294. The predicted molar refractivity (Wildman–Crippen MR) is 66.0 cm³/mol. The number of carboxylic acid groups (broad SMARTS) is 1. The zero-order valence-corrected chi connectivity index (χ0v) is 11.2. The van der Waals surface area contributed by atoms with Crippen LogP contribution in [0.3, 0.4) is 0 Å². The van der Waals surface area contributed by atoms with E-state index in [1.807, 2.05) is 11.8 Å². The first kappa shape index (κ1) is 16.3. The van der Waals surface area contributed by atoms with E-state index in [9.17, 15) is 23.1 Å². The van der Waals surface area contributed by atoms with Crippen LogP contribution in [0.1, 0.15) is 51.9 Å². The Morgan fingerprint density at radius 3 is 2.63 bits per heavy atom. The lowest BCUT2D eigenvalue weighted by molar-refractivity contribution is -0.145. The van der Waals surface area contributed by atoms with E-state index in [0.717, 1.165) is 19.3 Å². The fourth-order valence-corrected chi connectivity index (χ4v) is 2.69. The van der Waals surface area contributed by atoms with E-state index in [2.05, 4.69) is 0 Å². The first-order chi connectivity index (χ1) is 8.81. The van der Waals surface area contributed by atoms with Crippen molar-refractivity contribution >= 4 is 5.97 Å². The molecule has 112 valence electrons. The minimum Gasteiger partial charge on any atom is -0.480 e. The molecule has 19 heavy (non-hydrogen) atoms. The molecular weight excluding hydrogens is 259 g/mol. The molecule has 1 aliphatic rings. The molecule has 0 aromatic rings. The van der Waals surface area contributed by atoms with Crippen LogP contribution in [0, 0.1) is 0 Å². The van der Waals surface area contributed by atoms with E-state index in [1.165, 1.54) is 0 Å². The third-order valence-electron chi connectivity index (χ3n) is 3.73. The number of rotatable bonds is 5. The molecule has 1 saturated heterocycles. The summed E-state index contributed by atoms with van der Waals surface area (Å²) in [5.41, 5.74) is 0. The Labute approximate surface area is 111 Å². The maximum Gasteiger partial charge on any atom is 0.389 e. The van der Waals surface area contributed by atoms with Gasteiger partial charge in [0, 0.05) is 12.5 Å². The van der Waals surface area contributed by atoms with Gasteiger partial charge in [0.2, 0.25) is 0 Å². The van der Waals surface area contributed by atoms with E-state index in [1.54, 1.807) is 0 Å². The number of hydrogen-bond donors (Lipinski definition) is 1. The number of carbonyl (C=O) groups is 1. The molecule has 1 heterocycles. The average Bonchev–Trinajstić information content (AvgIpc) is 2.52. The number of hydrogen-bond acceptors (Lipinski definition) is 2. The molecule has 1 fully saturated rings. The quantitative estimate of drug-likeness (QED) is 0.839. The van der Waals surface area contributed by atoms with Gasteiger partial charge in [0.25, 0.3) is 0 Å². The van der Waals surface area contributed by atoms with Crippen molar-refractivity contribution in [2.45, 2.75) is 70.1 Å². The monoisotopic (exact) mass is 281 g/mol. The highest BCUT2D eigenvalue weighted by molar-refractivity contribution is 5.73. The second-order valence-corrected chi connectivity index (χ2v) is 5.30. The Morgan fingerprint density at radius 1 is 1.37 bits per heavy atom. The molecule has 0 amide bonds. The second-order valence-electron chi connectivity index (χ2n) is 5.30. The molecule has 1 aliphatic heterocycles. The van der Waals surface area contributed by atoms with Gasteiger partial charge in [-0.15, -0.1) is 0 Å². The molecule has 0 bridgehead atoms. The van der Waals surface area contributed by atoms with Crippen LogP contribution in [0.4, 0.5) is 13.2 Å². The van der Waals surface area contributed by atoms with Crippen molar-refractivity contribution in [1.82, 2.24) is 4.90 Å². The molecule has 1 rings (SSSR count). The summed E-state index contributed by atoms with van der Waals surface area (Å²) in [7, 11) is 0. The number of likely N-dealkylation sites (tertiary alicyclic amines) is 1. The van der Waals surface area contributed by atoms with Crippen molar-refractivity contribution < 1.29 is 23.1 Å². The largest absolute Gasteiger partial charge is 0.480 e. The van der Waals surface area contributed by atoms with E-state index in [-0.39, 0.29) is 12.5 Å². The highest BCUT2D eigenvalue weighted by Gasteiger charge is 2.31. The van der Waals surface area contributed by atoms with Crippen LogP contribution >= 0.6 is 0 Å². The number of halogens is 3. The van der Waals surface area contributed by atoms with Gasteiger partial charge in [-0.1, -0.05) is 12.8 Å². The summed E-state index contributed by atoms with van der Waals surface area (Å²) >= 11 is 0. The van der Waals surface area contributed by atoms with Gasteiger partial charge < -0.3 is 5.11 Å². The van der Waals surface area contributed by atoms with Crippen molar-refractivity contribution in [3.8, 4) is 0 Å². The number of aliphatic carboxylic acids is 1. The zero-order chi connectivity index (χ0) is 14.5. The molecule has 1 N–H and O–H groups in total. The fourth-order valence-electron chi connectivity index (χ4n) is 2.69. The Kier molecular flexibility index (Phi) is 6.10.